The lowest BCUT2D eigenvalue weighted by Gasteiger charge is -2.14. The second-order valence-electron chi connectivity index (χ2n) is 6.41. The molecule has 1 N–H and O–H groups in total. The molecule has 3 aromatic rings. The molecule has 128 valence electrons. The highest BCUT2D eigenvalue weighted by Gasteiger charge is 2.15. The molecule has 1 heterocycles. The van der Waals surface area contributed by atoms with E-state index in [2.05, 4.69) is 43.4 Å². The van der Waals surface area contributed by atoms with Gasteiger partial charge in [-0.15, -0.1) is 0 Å². The molecule has 2 aromatic carbocycles. The third kappa shape index (κ3) is 3.71. The van der Waals surface area contributed by atoms with Crippen LogP contribution in [0.1, 0.15) is 43.1 Å². The smallest absolute Gasteiger partial charge is 0.252 e. The van der Waals surface area contributed by atoms with Crippen molar-refractivity contribution in [2.24, 2.45) is 0 Å². The van der Waals surface area contributed by atoms with Crippen molar-refractivity contribution in [1.82, 2.24) is 10.3 Å². The molecule has 3 rings (SSSR count). The second kappa shape index (κ2) is 7.47. The van der Waals surface area contributed by atoms with E-state index in [1.165, 1.54) is 5.56 Å². The molecule has 0 radical (unpaired) electrons. The molecule has 1 atom stereocenters. The molecule has 0 saturated carbocycles. The lowest BCUT2D eigenvalue weighted by molar-refractivity contribution is 0.0941. The van der Waals surface area contributed by atoms with Gasteiger partial charge < -0.3 is 5.32 Å². The van der Waals surface area contributed by atoms with Gasteiger partial charge >= 0.3 is 0 Å². The first kappa shape index (κ1) is 17.2. The molecule has 0 fully saturated rings. The molecule has 25 heavy (non-hydrogen) atoms. The number of nitrogens with one attached hydrogen (secondary N) is 1. The summed E-state index contributed by atoms with van der Waals surface area (Å²) in [6.07, 6.45) is 1.91. The number of nitrogens with zero attached hydrogens (tertiary/aromatic N) is 1. The number of hydrogen-bond donors (Lipinski definition) is 1. The summed E-state index contributed by atoms with van der Waals surface area (Å²) in [5, 5.41) is 3.95. The van der Waals surface area contributed by atoms with Gasteiger partial charge in [0.2, 0.25) is 0 Å². The number of carbonyl (C=O) groups is 1. The highest BCUT2D eigenvalue weighted by Crippen LogP contribution is 2.25. The number of carbonyl (C=O) groups excluding carboxylic acids is 1. The van der Waals surface area contributed by atoms with Crippen LogP contribution in [0.5, 0.6) is 0 Å². The first-order valence-electron chi connectivity index (χ1n) is 8.92. The lowest BCUT2D eigenvalue weighted by Crippen LogP contribution is -2.32. The van der Waals surface area contributed by atoms with Crippen molar-refractivity contribution in [3.05, 3.63) is 65.7 Å². The average Bonchev–Trinajstić information content (AvgIpc) is 2.67. The zero-order valence-electron chi connectivity index (χ0n) is 15.0. The number of hydrogen-bond acceptors (Lipinski definition) is 2. The van der Waals surface area contributed by atoms with E-state index in [4.69, 9.17) is 4.98 Å². The van der Waals surface area contributed by atoms with Crippen molar-refractivity contribution in [1.29, 1.82) is 0 Å². The Balaban J connectivity index is 2.09. The molecule has 3 nitrogen and oxygen atoms in total. The van der Waals surface area contributed by atoms with Gasteiger partial charge in [-0.25, -0.2) is 4.98 Å². The van der Waals surface area contributed by atoms with Crippen molar-refractivity contribution in [3.63, 3.8) is 0 Å². The van der Waals surface area contributed by atoms with Crippen LogP contribution < -0.4 is 5.32 Å². The maximum atomic E-state index is 12.8. The van der Waals surface area contributed by atoms with Gasteiger partial charge in [-0.3, -0.25) is 4.79 Å². The highest BCUT2D eigenvalue weighted by atomic mass is 16.1. The van der Waals surface area contributed by atoms with E-state index in [-0.39, 0.29) is 11.9 Å². The monoisotopic (exact) mass is 332 g/mol. The minimum Gasteiger partial charge on any atom is -0.350 e. The van der Waals surface area contributed by atoms with E-state index in [1.807, 2.05) is 37.3 Å². The minimum atomic E-state index is -0.0422. The first-order chi connectivity index (χ1) is 12.1. The largest absolute Gasteiger partial charge is 0.350 e. The summed E-state index contributed by atoms with van der Waals surface area (Å²) in [5.74, 6) is -0.0422. The van der Waals surface area contributed by atoms with Gasteiger partial charge in [0.25, 0.3) is 5.91 Å². The first-order valence-corrected chi connectivity index (χ1v) is 8.92. The maximum Gasteiger partial charge on any atom is 0.252 e. The summed E-state index contributed by atoms with van der Waals surface area (Å²) >= 11 is 0. The molecule has 0 aliphatic carbocycles. The third-order valence-electron chi connectivity index (χ3n) is 4.61. The van der Waals surface area contributed by atoms with Crippen LogP contribution in [0.25, 0.3) is 22.2 Å². The van der Waals surface area contributed by atoms with E-state index in [1.54, 1.807) is 0 Å². The molecule has 0 aliphatic heterocycles. The van der Waals surface area contributed by atoms with Crippen LogP contribution in [0.15, 0.2) is 54.6 Å². The molecule has 1 aromatic heterocycles. The van der Waals surface area contributed by atoms with Crippen LogP contribution in [0.4, 0.5) is 0 Å². The molecule has 0 bridgehead atoms. The number of benzene rings is 2. The van der Waals surface area contributed by atoms with Crippen LogP contribution in [-0.4, -0.2) is 16.9 Å². The SMILES string of the molecule is CCc1ccc(-c2cc(C(=O)NC(C)CC)c3ccccc3n2)cc1. The Kier molecular flexibility index (Phi) is 5.13. The van der Waals surface area contributed by atoms with E-state index >= 15 is 0 Å². The Morgan fingerprint density at radius 3 is 2.48 bits per heavy atom. The molecule has 1 unspecified atom stereocenters. The minimum absolute atomic E-state index is 0.0422. The average molecular weight is 332 g/mol. The number of aryl methyl sites for hydroxylation is 1. The summed E-state index contributed by atoms with van der Waals surface area (Å²) in [6.45, 7) is 6.22. The van der Waals surface area contributed by atoms with Gasteiger partial charge in [0.15, 0.2) is 0 Å². The number of rotatable bonds is 5. The van der Waals surface area contributed by atoms with Gasteiger partial charge in [0.05, 0.1) is 16.8 Å². The Bertz CT molecular complexity index is 884. The third-order valence-corrected chi connectivity index (χ3v) is 4.61. The molecular formula is C22H24N2O. The van der Waals surface area contributed by atoms with Crippen molar-refractivity contribution in [2.45, 2.75) is 39.7 Å². The van der Waals surface area contributed by atoms with Gasteiger partial charge in [-0.05, 0) is 37.5 Å². The van der Waals surface area contributed by atoms with Crippen LogP contribution >= 0.6 is 0 Å². The molecule has 0 spiro atoms. The van der Waals surface area contributed by atoms with Crippen molar-refractivity contribution in [2.75, 3.05) is 0 Å². The molecule has 1 amide bonds. The van der Waals surface area contributed by atoms with Crippen molar-refractivity contribution >= 4 is 16.8 Å². The van der Waals surface area contributed by atoms with E-state index < -0.39 is 0 Å². The normalized spacial score (nSPS) is 12.1. The van der Waals surface area contributed by atoms with Gasteiger partial charge in [-0.1, -0.05) is 56.3 Å². The number of fused-ring (bicyclic) bond motifs is 1. The fourth-order valence-electron chi connectivity index (χ4n) is 2.83. The molecule has 0 saturated heterocycles. The van der Waals surface area contributed by atoms with Gasteiger partial charge in [-0.2, -0.15) is 0 Å². The summed E-state index contributed by atoms with van der Waals surface area (Å²) in [6, 6.07) is 18.2. The fourth-order valence-corrected chi connectivity index (χ4v) is 2.83. The highest BCUT2D eigenvalue weighted by molar-refractivity contribution is 6.07. The molecule has 3 heteroatoms. The Labute approximate surface area is 149 Å². The Morgan fingerprint density at radius 1 is 1.08 bits per heavy atom. The number of amides is 1. The maximum absolute atomic E-state index is 12.8. The molecular weight excluding hydrogens is 308 g/mol. The van der Waals surface area contributed by atoms with Crippen LogP contribution in [0, 0.1) is 0 Å². The topological polar surface area (TPSA) is 42.0 Å². The second-order valence-corrected chi connectivity index (χ2v) is 6.41. The predicted octanol–water partition coefficient (Wildman–Crippen LogP) is 4.99. The summed E-state index contributed by atoms with van der Waals surface area (Å²) in [5.41, 5.74) is 4.67. The summed E-state index contributed by atoms with van der Waals surface area (Å²) in [7, 11) is 0. The lowest BCUT2D eigenvalue weighted by atomic mass is 10.0. The number of para-hydroxylation sites is 1. The summed E-state index contributed by atoms with van der Waals surface area (Å²) in [4.78, 5) is 17.5. The van der Waals surface area contributed by atoms with Crippen molar-refractivity contribution < 1.29 is 4.79 Å². The van der Waals surface area contributed by atoms with E-state index in [0.29, 0.717) is 5.56 Å². The fraction of sp³-hybridized carbons (Fsp3) is 0.273. The quantitative estimate of drug-likeness (QED) is 0.715. The zero-order chi connectivity index (χ0) is 17.8. The van der Waals surface area contributed by atoms with Gasteiger partial charge in [0.1, 0.15) is 0 Å². The van der Waals surface area contributed by atoms with Crippen LogP contribution in [0.2, 0.25) is 0 Å². The zero-order valence-corrected chi connectivity index (χ0v) is 15.0. The molecule has 0 aliphatic rings. The summed E-state index contributed by atoms with van der Waals surface area (Å²) < 4.78 is 0. The number of pyridine rings is 1. The van der Waals surface area contributed by atoms with Crippen LogP contribution in [0.3, 0.4) is 0 Å². The number of aromatic nitrogens is 1. The standard InChI is InChI=1S/C22H24N2O/c1-4-15(3)23-22(25)19-14-21(17-12-10-16(5-2)11-13-17)24-20-9-7-6-8-18(19)20/h6-15H,4-5H2,1-3H3,(H,23,25). The van der Waals surface area contributed by atoms with E-state index in [9.17, 15) is 4.79 Å². The van der Waals surface area contributed by atoms with Gasteiger partial charge in [0, 0.05) is 17.0 Å². The van der Waals surface area contributed by atoms with Crippen LogP contribution in [-0.2, 0) is 6.42 Å². The van der Waals surface area contributed by atoms with Crippen molar-refractivity contribution in [3.8, 4) is 11.3 Å². The Hall–Kier alpha value is -2.68. The predicted molar refractivity (Wildman–Crippen MR) is 104 cm³/mol. The van der Waals surface area contributed by atoms with E-state index in [0.717, 1.165) is 35.0 Å². The Morgan fingerprint density at radius 2 is 1.80 bits per heavy atom.